The molecule has 2 unspecified atom stereocenters. The Balaban J connectivity index is 1.87. The Morgan fingerprint density at radius 1 is 1.19 bits per heavy atom. The molecule has 0 spiro atoms. The second-order valence-electron chi connectivity index (χ2n) is 7.17. The van der Waals surface area contributed by atoms with Crippen molar-refractivity contribution in [1.29, 1.82) is 0 Å². The van der Waals surface area contributed by atoms with Crippen molar-refractivity contribution < 1.29 is 14.7 Å². The van der Waals surface area contributed by atoms with Gasteiger partial charge in [0.05, 0.1) is 11.8 Å². The Kier molecular flexibility index (Phi) is 5.25. The fraction of sp³-hybridized carbons (Fsp3) is 0.875. The minimum atomic E-state index is -0.819. The van der Waals surface area contributed by atoms with E-state index in [1.165, 1.54) is 0 Å². The van der Waals surface area contributed by atoms with Crippen LogP contribution in [-0.2, 0) is 9.59 Å². The van der Waals surface area contributed by atoms with Gasteiger partial charge in [-0.05, 0) is 51.2 Å². The van der Waals surface area contributed by atoms with Crippen molar-refractivity contribution in [2.24, 2.45) is 17.3 Å². The number of nitrogens with zero attached hydrogens (tertiary/aromatic N) is 1. The quantitative estimate of drug-likeness (QED) is 0.829. The molecule has 2 fully saturated rings. The number of carbonyl (C=O) groups is 2. The summed E-state index contributed by atoms with van der Waals surface area (Å²) in [6, 6.07) is 0. The van der Waals surface area contributed by atoms with E-state index in [1.54, 1.807) is 0 Å². The fourth-order valence-corrected chi connectivity index (χ4v) is 3.51. The third kappa shape index (κ3) is 4.19. The maximum absolute atomic E-state index is 12.4. The molecule has 21 heavy (non-hydrogen) atoms. The monoisotopic (exact) mass is 296 g/mol. The van der Waals surface area contributed by atoms with Gasteiger partial charge >= 0.3 is 5.97 Å². The van der Waals surface area contributed by atoms with Crippen molar-refractivity contribution in [1.82, 2.24) is 10.2 Å². The summed E-state index contributed by atoms with van der Waals surface area (Å²) in [7, 11) is 2.12. The predicted octanol–water partition coefficient (Wildman–Crippen LogP) is 1.73. The van der Waals surface area contributed by atoms with Crippen LogP contribution in [0, 0.1) is 17.3 Å². The highest BCUT2D eigenvalue weighted by Crippen LogP contribution is 2.32. The summed E-state index contributed by atoms with van der Waals surface area (Å²) in [6.45, 7) is 5.01. The lowest BCUT2D eigenvalue weighted by atomic mass is 9.77. The molecule has 0 radical (unpaired) electrons. The van der Waals surface area contributed by atoms with E-state index in [0.717, 1.165) is 38.8 Å². The molecule has 0 aromatic rings. The second-order valence-corrected chi connectivity index (χ2v) is 7.17. The SMILES string of the molecule is CN1CCC(C)(CNC(=O)C2CCCCC2C(=O)O)CC1. The molecule has 2 aliphatic rings. The number of carboxylic acids is 1. The molecule has 1 saturated heterocycles. The summed E-state index contributed by atoms with van der Waals surface area (Å²) < 4.78 is 0. The Hall–Kier alpha value is -1.10. The number of amides is 1. The van der Waals surface area contributed by atoms with E-state index in [4.69, 9.17) is 0 Å². The summed E-state index contributed by atoms with van der Waals surface area (Å²) in [5, 5.41) is 12.3. The Morgan fingerprint density at radius 3 is 2.33 bits per heavy atom. The molecule has 120 valence electrons. The van der Waals surface area contributed by atoms with Crippen LogP contribution < -0.4 is 5.32 Å². The molecular formula is C16H28N2O3. The fourth-order valence-electron chi connectivity index (χ4n) is 3.51. The number of carbonyl (C=O) groups excluding carboxylic acids is 1. The first-order valence-corrected chi connectivity index (χ1v) is 8.10. The Morgan fingerprint density at radius 2 is 1.76 bits per heavy atom. The minimum Gasteiger partial charge on any atom is -0.481 e. The van der Waals surface area contributed by atoms with Gasteiger partial charge in [0.1, 0.15) is 0 Å². The van der Waals surface area contributed by atoms with Crippen LogP contribution >= 0.6 is 0 Å². The van der Waals surface area contributed by atoms with E-state index < -0.39 is 11.9 Å². The zero-order valence-electron chi connectivity index (χ0n) is 13.2. The van der Waals surface area contributed by atoms with Gasteiger partial charge in [-0.1, -0.05) is 19.8 Å². The number of carboxylic acid groups (broad SMARTS) is 1. The van der Waals surface area contributed by atoms with Crippen LogP contribution in [0.4, 0.5) is 0 Å². The topological polar surface area (TPSA) is 69.6 Å². The van der Waals surface area contributed by atoms with E-state index in [0.29, 0.717) is 19.4 Å². The Labute approximate surface area is 127 Å². The second kappa shape index (κ2) is 6.77. The number of piperidine rings is 1. The molecule has 0 aromatic heterocycles. The molecule has 1 aliphatic carbocycles. The van der Waals surface area contributed by atoms with Crippen molar-refractivity contribution in [3.8, 4) is 0 Å². The van der Waals surface area contributed by atoms with Gasteiger partial charge in [-0.2, -0.15) is 0 Å². The summed E-state index contributed by atoms with van der Waals surface area (Å²) in [6.07, 6.45) is 5.39. The van der Waals surface area contributed by atoms with Gasteiger partial charge in [-0.15, -0.1) is 0 Å². The van der Waals surface area contributed by atoms with Crippen LogP contribution in [0.1, 0.15) is 45.4 Å². The van der Waals surface area contributed by atoms with E-state index in [1.807, 2.05) is 0 Å². The van der Waals surface area contributed by atoms with E-state index in [2.05, 4.69) is 24.2 Å². The molecule has 2 atom stereocenters. The minimum absolute atomic E-state index is 0.0535. The standard InChI is InChI=1S/C16H28N2O3/c1-16(7-9-18(2)10-8-16)11-17-14(19)12-5-3-4-6-13(12)15(20)21/h12-13H,3-11H2,1-2H3,(H,17,19)(H,20,21). The van der Waals surface area contributed by atoms with Gasteiger partial charge in [-0.3, -0.25) is 9.59 Å². The maximum Gasteiger partial charge on any atom is 0.307 e. The van der Waals surface area contributed by atoms with Gasteiger partial charge in [0.15, 0.2) is 0 Å². The average molecular weight is 296 g/mol. The van der Waals surface area contributed by atoms with Crippen molar-refractivity contribution in [2.45, 2.75) is 45.4 Å². The number of hydrogen-bond donors (Lipinski definition) is 2. The van der Waals surface area contributed by atoms with Crippen molar-refractivity contribution >= 4 is 11.9 Å². The molecule has 2 N–H and O–H groups in total. The van der Waals surface area contributed by atoms with Crippen LogP contribution in [0.2, 0.25) is 0 Å². The van der Waals surface area contributed by atoms with Crippen LogP contribution in [0.15, 0.2) is 0 Å². The molecule has 5 heteroatoms. The van der Waals surface area contributed by atoms with Crippen molar-refractivity contribution in [3.05, 3.63) is 0 Å². The van der Waals surface area contributed by atoms with Gasteiger partial charge < -0.3 is 15.3 Å². The summed E-state index contributed by atoms with van der Waals surface area (Å²) in [5.74, 6) is -1.71. The largest absolute Gasteiger partial charge is 0.481 e. The van der Waals surface area contributed by atoms with Gasteiger partial charge in [0.25, 0.3) is 0 Å². The van der Waals surface area contributed by atoms with Crippen LogP contribution in [0.3, 0.4) is 0 Å². The maximum atomic E-state index is 12.4. The molecule has 1 amide bonds. The number of aliphatic carboxylic acids is 1. The molecule has 0 bridgehead atoms. The number of hydrogen-bond acceptors (Lipinski definition) is 3. The van der Waals surface area contributed by atoms with E-state index >= 15 is 0 Å². The van der Waals surface area contributed by atoms with E-state index in [9.17, 15) is 14.7 Å². The smallest absolute Gasteiger partial charge is 0.307 e. The van der Waals surface area contributed by atoms with Crippen molar-refractivity contribution in [3.63, 3.8) is 0 Å². The Bertz CT molecular complexity index is 389. The molecular weight excluding hydrogens is 268 g/mol. The third-order valence-electron chi connectivity index (χ3n) is 5.30. The molecule has 5 nitrogen and oxygen atoms in total. The third-order valence-corrected chi connectivity index (χ3v) is 5.30. The first-order valence-electron chi connectivity index (χ1n) is 8.10. The lowest BCUT2D eigenvalue weighted by molar-refractivity contribution is -0.149. The van der Waals surface area contributed by atoms with Crippen molar-refractivity contribution in [2.75, 3.05) is 26.7 Å². The van der Waals surface area contributed by atoms with Gasteiger partial charge in [0, 0.05) is 6.54 Å². The van der Waals surface area contributed by atoms with Gasteiger partial charge in [0.2, 0.25) is 5.91 Å². The molecule has 1 saturated carbocycles. The number of nitrogens with one attached hydrogen (secondary N) is 1. The molecule has 2 rings (SSSR count). The molecule has 1 heterocycles. The summed E-state index contributed by atoms with van der Waals surface area (Å²) >= 11 is 0. The molecule has 1 aliphatic heterocycles. The van der Waals surface area contributed by atoms with Gasteiger partial charge in [-0.25, -0.2) is 0 Å². The zero-order valence-corrected chi connectivity index (χ0v) is 13.2. The highest BCUT2D eigenvalue weighted by molar-refractivity contribution is 5.84. The van der Waals surface area contributed by atoms with Crippen LogP contribution in [-0.4, -0.2) is 48.6 Å². The number of likely N-dealkylation sites (tertiary alicyclic amines) is 1. The first kappa shape index (κ1) is 16.3. The summed E-state index contributed by atoms with van der Waals surface area (Å²) in [5.41, 5.74) is 0.148. The zero-order chi connectivity index (χ0) is 15.5. The lowest BCUT2D eigenvalue weighted by Crippen LogP contribution is -2.46. The number of rotatable bonds is 4. The summed E-state index contributed by atoms with van der Waals surface area (Å²) in [4.78, 5) is 26.0. The van der Waals surface area contributed by atoms with E-state index in [-0.39, 0.29) is 17.2 Å². The van der Waals surface area contributed by atoms with Crippen LogP contribution in [0.25, 0.3) is 0 Å². The highest BCUT2D eigenvalue weighted by atomic mass is 16.4. The van der Waals surface area contributed by atoms with Crippen LogP contribution in [0.5, 0.6) is 0 Å². The normalized spacial score (nSPS) is 29.8. The first-order chi connectivity index (χ1) is 9.91. The predicted molar refractivity (Wildman–Crippen MR) is 80.9 cm³/mol. The lowest BCUT2D eigenvalue weighted by Gasteiger charge is -2.38. The highest BCUT2D eigenvalue weighted by Gasteiger charge is 2.37. The average Bonchev–Trinajstić information content (AvgIpc) is 2.48. The molecule has 0 aromatic carbocycles.